The van der Waals surface area contributed by atoms with Crippen molar-refractivity contribution < 1.29 is 13.9 Å². The number of hydrogen-bond acceptors (Lipinski definition) is 2. The molecule has 0 radical (unpaired) electrons. The highest BCUT2D eigenvalue weighted by Gasteiger charge is 2.20. The molecule has 0 spiro atoms. The number of esters is 1. The standard InChI is InChI=1S/C20H39O3/c1-3-4-5-6-7-8-9-10-12-15-20(21)22-19(2)18-23-16-13-11-14-17-23/h19H,3-18H2,1-2H3/q+1. The Kier molecular flexibility index (Phi) is 12.3. The van der Waals surface area contributed by atoms with Gasteiger partial charge in [-0.1, -0.05) is 58.3 Å². The van der Waals surface area contributed by atoms with E-state index in [4.69, 9.17) is 4.74 Å². The summed E-state index contributed by atoms with van der Waals surface area (Å²) in [5.74, 6) is -0.0157. The Morgan fingerprint density at radius 3 is 2.09 bits per heavy atom. The SMILES string of the molecule is CCCCCCCCCCCC(=O)OC(C)C[O+]1CCCCC1. The van der Waals surface area contributed by atoms with Gasteiger partial charge in [0.05, 0.1) is 0 Å². The summed E-state index contributed by atoms with van der Waals surface area (Å²) in [5, 5.41) is 0. The van der Waals surface area contributed by atoms with E-state index in [2.05, 4.69) is 11.3 Å². The van der Waals surface area contributed by atoms with Gasteiger partial charge < -0.3 is 9.10 Å². The molecule has 1 fully saturated rings. The van der Waals surface area contributed by atoms with Crippen LogP contribution in [0.4, 0.5) is 0 Å². The van der Waals surface area contributed by atoms with Crippen LogP contribution in [0.1, 0.15) is 97.3 Å². The first kappa shape index (κ1) is 20.5. The highest BCUT2D eigenvalue weighted by molar-refractivity contribution is 5.69. The maximum Gasteiger partial charge on any atom is 0.306 e. The first-order chi connectivity index (χ1) is 11.2. The van der Waals surface area contributed by atoms with E-state index in [1.807, 2.05) is 6.92 Å². The number of hydrogen-bond donors (Lipinski definition) is 0. The summed E-state index contributed by atoms with van der Waals surface area (Å²) >= 11 is 0. The first-order valence-corrected chi connectivity index (χ1v) is 10.1. The molecule has 1 unspecified atom stereocenters. The van der Waals surface area contributed by atoms with Crippen molar-refractivity contribution >= 4 is 5.97 Å². The molecule has 1 atom stereocenters. The maximum atomic E-state index is 11.9. The van der Waals surface area contributed by atoms with E-state index in [9.17, 15) is 4.79 Å². The zero-order chi connectivity index (χ0) is 16.8. The van der Waals surface area contributed by atoms with Crippen LogP contribution in [0.25, 0.3) is 0 Å². The van der Waals surface area contributed by atoms with Gasteiger partial charge in [-0.15, -0.1) is 0 Å². The van der Waals surface area contributed by atoms with Crippen molar-refractivity contribution in [2.24, 2.45) is 0 Å². The molecule has 1 saturated heterocycles. The summed E-state index contributed by atoms with van der Waals surface area (Å²) in [4.78, 5) is 11.9. The van der Waals surface area contributed by atoms with Crippen LogP contribution in [0.15, 0.2) is 0 Å². The van der Waals surface area contributed by atoms with Gasteiger partial charge in [-0.05, 0) is 19.8 Å². The van der Waals surface area contributed by atoms with Gasteiger partial charge in [-0.2, -0.15) is 0 Å². The molecule has 3 heteroatoms. The average molecular weight is 328 g/mol. The van der Waals surface area contributed by atoms with E-state index in [0.717, 1.165) is 32.7 Å². The van der Waals surface area contributed by atoms with E-state index in [1.165, 1.54) is 64.2 Å². The molecule has 1 rings (SSSR count). The van der Waals surface area contributed by atoms with Gasteiger partial charge in [0, 0.05) is 19.3 Å². The van der Waals surface area contributed by atoms with Crippen molar-refractivity contribution in [3.8, 4) is 0 Å². The first-order valence-electron chi connectivity index (χ1n) is 10.1. The van der Waals surface area contributed by atoms with E-state index < -0.39 is 0 Å². The minimum Gasteiger partial charge on any atom is -0.454 e. The van der Waals surface area contributed by atoms with Crippen LogP contribution >= 0.6 is 0 Å². The van der Waals surface area contributed by atoms with Gasteiger partial charge in [0.1, 0.15) is 13.2 Å². The molecule has 0 aromatic heterocycles. The van der Waals surface area contributed by atoms with Crippen molar-refractivity contribution in [1.82, 2.24) is 0 Å². The predicted octanol–water partition coefficient (Wildman–Crippen LogP) is 5.58. The van der Waals surface area contributed by atoms with E-state index >= 15 is 0 Å². The normalized spacial score (nSPS) is 17.1. The molecule has 0 aromatic rings. The second-order valence-corrected chi connectivity index (χ2v) is 7.13. The van der Waals surface area contributed by atoms with Crippen LogP contribution in [0.3, 0.4) is 0 Å². The summed E-state index contributed by atoms with van der Waals surface area (Å²) in [5.41, 5.74) is 0. The Balaban J connectivity index is 1.91. The summed E-state index contributed by atoms with van der Waals surface area (Å²) in [6, 6.07) is 0. The highest BCUT2D eigenvalue weighted by atomic mass is 16.7. The molecule has 0 aliphatic carbocycles. The van der Waals surface area contributed by atoms with Crippen molar-refractivity contribution in [1.29, 1.82) is 0 Å². The number of carbonyl (C=O) groups is 1. The third kappa shape index (κ3) is 11.6. The molecule has 0 aromatic carbocycles. The Morgan fingerprint density at radius 2 is 1.48 bits per heavy atom. The number of unbranched alkanes of at least 4 members (excludes halogenated alkanes) is 8. The molecule has 1 heterocycles. The number of carbonyl (C=O) groups excluding carboxylic acids is 1. The molecule has 1 aliphatic rings. The lowest BCUT2D eigenvalue weighted by molar-refractivity contribution is -0.192. The summed E-state index contributed by atoms with van der Waals surface area (Å²) in [6.07, 6.45) is 16.0. The van der Waals surface area contributed by atoms with Crippen LogP contribution in [0.2, 0.25) is 0 Å². The van der Waals surface area contributed by atoms with Crippen molar-refractivity contribution in [2.75, 3.05) is 19.8 Å². The topological polar surface area (TPSA) is 29.0 Å². The van der Waals surface area contributed by atoms with E-state index in [-0.39, 0.29) is 12.1 Å². The van der Waals surface area contributed by atoms with Crippen molar-refractivity contribution in [2.45, 2.75) is 103 Å². The Bertz CT molecular complexity index is 285. The van der Waals surface area contributed by atoms with Crippen LogP contribution in [0, 0.1) is 0 Å². The fraction of sp³-hybridized carbons (Fsp3) is 0.950. The fourth-order valence-corrected chi connectivity index (χ4v) is 3.29. The van der Waals surface area contributed by atoms with Gasteiger partial charge in [0.2, 0.25) is 0 Å². The van der Waals surface area contributed by atoms with Gasteiger partial charge in [-0.25, -0.2) is 0 Å². The third-order valence-electron chi connectivity index (χ3n) is 4.65. The Hall–Kier alpha value is -0.570. The molecular formula is C20H39O3+. The average Bonchev–Trinajstić information content (AvgIpc) is 2.54. The molecule has 136 valence electrons. The lowest BCUT2D eigenvalue weighted by Crippen LogP contribution is -2.31. The fourth-order valence-electron chi connectivity index (χ4n) is 3.29. The monoisotopic (exact) mass is 327 g/mol. The molecule has 1 aliphatic heterocycles. The molecule has 0 bridgehead atoms. The largest absolute Gasteiger partial charge is 0.454 e. The second-order valence-electron chi connectivity index (χ2n) is 7.13. The van der Waals surface area contributed by atoms with E-state index in [1.54, 1.807) is 0 Å². The molecule has 23 heavy (non-hydrogen) atoms. The lowest BCUT2D eigenvalue weighted by Gasteiger charge is -2.25. The van der Waals surface area contributed by atoms with Gasteiger partial charge in [0.25, 0.3) is 0 Å². The zero-order valence-corrected chi connectivity index (χ0v) is 15.6. The quantitative estimate of drug-likeness (QED) is 0.251. The molecular weight excluding hydrogens is 288 g/mol. The maximum absolute atomic E-state index is 11.9. The number of rotatable bonds is 13. The van der Waals surface area contributed by atoms with Crippen molar-refractivity contribution in [3.63, 3.8) is 0 Å². The smallest absolute Gasteiger partial charge is 0.306 e. The van der Waals surface area contributed by atoms with Gasteiger partial charge in [-0.3, -0.25) is 4.79 Å². The second kappa shape index (κ2) is 13.8. The predicted molar refractivity (Wildman–Crippen MR) is 96.9 cm³/mol. The molecule has 3 nitrogen and oxygen atoms in total. The van der Waals surface area contributed by atoms with Crippen LogP contribution < -0.4 is 0 Å². The summed E-state index contributed by atoms with van der Waals surface area (Å²) in [7, 11) is 0. The summed E-state index contributed by atoms with van der Waals surface area (Å²) in [6.45, 7) is 7.25. The Morgan fingerprint density at radius 1 is 0.913 bits per heavy atom. The Labute approximate surface area is 143 Å². The minimum atomic E-state index is -0.0157. The zero-order valence-electron chi connectivity index (χ0n) is 15.6. The van der Waals surface area contributed by atoms with Gasteiger partial charge in [0.15, 0.2) is 12.7 Å². The third-order valence-corrected chi connectivity index (χ3v) is 4.65. The minimum absolute atomic E-state index is 0.00386. The van der Waals surface area contributed by atoms with Crippen LogP contribution in [-0.2, 0) is 13.9 Å². The highest BCUT2D eigenvalue weighted by Crippen LogP contribution is 2.15. The number of ether oxygens (including phenoxy) is 1. The lowest BCUT2D eigenvalue weighted by atomic mass is 10.1. The molecule has 0 N–H and O–H groups in total. The van der Waals surface area contributed by atoms with Gasteiger partial charge >= 0.3 is 5.97 Å². The van der Waals surface area contributed by atoms with E-state index in [0.29, 0.717) is 6.42 Å². The van der Waals surface area contributed by atoms with Crippen LogP contribution in [0.5, 0.6) is 0 Å². The van der Waals surface area contributed by atoms with Crippen LogP contribution in [-0.4, -0.2) is 31.9 Å². The molecule has 0 amide bonds. The summed E-state index contributed by atoms with van der Waals surface area (Å²) < 4.78 is 8.77. The molecule has 0 saturated carbocycles. The van der Waals surface area contributed by atoms with Crippen molar-refractivity contribution in [3.05, 3.63) is 0 Å².